The number of benzene rings is 1. The minimum Gasteiger partial charge on any atom is -0.491 e. The molecule has 1 fully saturated rings. The molecule has 1 saturated heterocycles. The number of hydrogen-bond acceptors (Lipinski definition) is 4. The number of rotatable bonds is 4. The third-order valence-corrected chi connectivity index (χ3v) is 5.54. The van der Waals surface area contributed by atoms with Gasteiger partial charge < -0.3 is 14.5 Å². The Morgan fingerprint density at radius 3 is 2.24 bits per heavy atom. The fraction of sp³-hybridized carbons (Fsp3) is 0.500. The summed E-state index contributed by atoms with van der Waals surface area (Å²) in [7, 11) is 0. The number of ether oxygens (including phenoxy) is 1. The smallest absolute Gasteiger partial charge is 0.257 e. The Morgan fingerprint density at radius 2 is 1.59 bits per heavy atom. The van der Waals surface area contributed by atoms with Gasteiger partial charge in [0.15, 0.2) is 0 Å². The third kappa shape index (κ3) is 4.13. The standard InChI is InChI=1S/C22H28N4O3/c1-16(2)29-18-8-6-17(7-9-18)21(27)24-11-13-25(14-12-24)22(28)19-15-23-26-10-4-3-5-20(19)26/h6-9,15-16H,3-5,10-14H2,1-2H3. The van der Waals surface area contributed by atoms with Crippen LogP contribution in [0, 0.1) is 0 Å². The van der Waals surface area contributed by atoms with Crippen molar-refractivity contribution in [2.45, 2.75) is 45.8 Å². The number of aryl methyl sites for hydroxylation is 1. The number of carbonyl (C=O) groups is 2. The largest absolute Gasteiger partial charge is 0.491 e. The summed E-state index contributed by atoms with van der Waals surface area (Å²) in [5.41, 5.74) is 2.43. The Morgan fingerprint density at radius 1 is 0.931 bits per heavy atom. The monoisotopic (exact) mass is 396 g/mol. The van der Waals surface area contributed by atoms with E-state index in [1.807, 2.05) is 40.5 Å². The molecular formula is C22H28N4O3. The summed E-state index contributed by atoms with van der Waals surface area (Å²) in [5.74, 6) is 0.794. The molecule has 0 atom stereocenters. The van der Waals surface area contributed by atoms with Crippen LogP contribution in [0.3, 0.4) is 0 Å². The van der Waals surface area contributed by atoms with E-state index in [-0.39, 0.29) is 17.9 Å². The second-order valence-corrected chi connectivity index (χ2v) is 7.96. The molecule has 0 bridgehead atoms. The predicted molar refractivity (Wildman–Crippen MR) is 109 cm³/mol. The van der Waals surface area contributed by atoms with Crippen LogP contribution >= 0.6 is 0 Å². The quantitative estimate of drug-likeness (QED) is 0.797. The van der Waals surface area contributed by atoms with Crippen molar-refractivity contribution in [2.24, 2.45) is 0 Å². The molecule has 154 valence electrons. The molecule has 2 aromatic rings. The van der Waals surface area contributed by atoms with Gasteiger partial charge >= 0.3 is 0 Å². The van der Waals surface area contributed by atoms with Gasteiger partial charge in [-0.05, 0) is 57.4 Å². The molecule has 29 heavy (non-hydrogen) atoms. The summed E-state index contributed by atoms with van der Waals surface area (Å²) in [5, 5.41) is 4.37. The Kier molecular flexibility index (Phi) is 5.56. The molecule has 2 aliphatic heterocycles. The van der Waals surface area contributed by atoms with E-state index in [0.29, 0.717) is 31.7 Å². The summed E-state index contributed by atoms with van der Waals surface area (Å²) in [6.45, 7) is 7.01. The lowest BCUT2D eigenvalue weighted by Gasteiger charge is -2.35. The van der Waals surface area contributed by atoms with Gasteiger partial charge in [0.1, 0.15) is 5.75 Å². The van der Waals surface area contributed by atoms with Crippen molar-refractivity contribution < 1.29 is 14.3 Å². The van der Waals surface area contributed by atoms with Crippen LogP contribution in [0.5, 0.6) is 5.75 Å². The topological polar surface area (TPSA) is 67.7 Å². The highest BCUT2D eigenvalue weighted by molar-refractivity contribution is 5.96. The van der Waals surface area contributed by atoms with Crippen LogP contribution in [0.1, 0.15) is 53.1 Å². The predicted octanol–water partition coefficient (Wildman–Crippen LogP) is 2.60. The van der Waals surface area contributed by atoms with Gasteiger partial charge in [-0.15, -0.1) is 0 Å². The lowest BCUT2D eigenvalue weighted by molar-refractivity contribution is 0.0534. The van der Waals surface area contributed by atoms with Gasteiger partial charge in [0, 0.05) is 38.3 Å². The van der Waals surface area contributed by atoms with Gasteiger partial charge in [0.25, 0.3) is 11.8 Å². The summed E-state index contributed by atoms with van der Waals surface area (Å²) >= 11 is 0. The molecule has 1 aromatic heterocycles. The molecule has 0 N–H and O–H groups in total. The summed E-state index contributed by atoms with van der Waals surface area (Å²) in [6.07, 6.45) is 4.95. The van der Waals surface area contributed by atoms with E-state index in [1.165, 1.54) is 0 Å². The molecule has 0 radical (unpaired) electrons. The van der Waals surface area contributed by atoms with Crippen LogP contribution in [-0.2, 0) is 13.0 Å². The number of fused-ring (bicyclic) bond motifs is 1. The zero-order valence-corrected chi connectivity index (χ0v) is 17.1. The van der Waals surface area contributed by atoms with Crippen LogP contribution in [-0.4, -0.2) is 63.7 Å². The molecule has 3 heterocycles. The Bertz CT molecular complexity index is 880. The van der Waals surface area contributed by atoms with Crippen molar-refractivity contribution >= 4 is 11.8 Å². The van der Waals surface area contributed by atoms with Crippen molar-refractivity contribution in [1.29, 1.82) is 0 Å². The van der Waals surface area contributed by atoms with Crippen LogP contribution < -0.4 is 4.74 Å². The lowest BCUT2D eigenvalue weighted by Crippen LogP contribution is -2.50. The molecular weight excluding hydrogens is 368 g/mol. The van der Waals surface area contributed by atoms with E-state index in [9.17, 15) is 9.59 Å². The fourth-order valence-corrected chi connectivity index (χ4v) is 4.01. The second-order valence-electron chi connectivity index (χ2n) is 7.96. The molecule has 0 unspecified atom stereocenters. The molecule has 0 saturated carbocycles. The number of carbonyl (C=O) groups excluding carboxylic acids is 2. The SMILES string of the molecule is CC(C)Oc1ccc(C(=O)N2CCN(C(=O)c3cnn4c3CCCC4)CC2)cc1. The first-order valence-electron chi connectivity index (χ1n) is 10.4. The van der Waals surface area contributed by atoms with Gasteiger partial charge in [-0.1, -0.05) is 0 Å². The van der Waals surface area contributed by atoms with E-state index in [1.54, 1.807) is 18.3 Å². The molecule has 2 amide bonds. The minimum atomic E-state index is -0.00360. The number of piperazine rings is 1. The number of amides is 2. The van der Waals surface area contributed by atoms with Crippen LogP contribution in [0.25, 0.3) is 0 Å². The van der Waals surface area contributed by atoms with Crippen LogP contribution in [0.15, 0.2) is 30.5 Å². The van der Waals surface area contributed by atoms with E-state index in [0.717, 1.165) is 42.8 Å². The maximum atomic E-state index is 13.0. The average Bonchev–Trinajstić information content (AvgIpc) is 3.17. The van der Waals surface area contributed by atoms with Crippen LogP contribution in [0.2, 0.25) is 0 Å². The van der Waals surface area contributed by atoms with Gasteiger partial charge in [-0.25, -0.2) is 0 Å². The van der Waals surface area contributed by atoms with Crippen LogP contribution in [0.4, 0.5) is 0 Å². The fourth-order valence-electron chi connectivity index (χ4n) is 4.01. The third-order valence-electron chi connectivity index (χ3n) is 5.54. The highest BCUT2D eigenvalue weighted by Crippen LogP contribution is 2.21. The van der Waals surface area contributed by atoms with Crippen molar-refractivity contribution in [3.63, 3.8) is 0 Å². The Balaban J connectivity index is 1.36. The average molecular weight is 396 g/mol. The molecule has 1 aromatic carbocycles. The molecule has 0 spiro atoms. The zero-order valence-electron chi connectivity index (χ0n) is 17.1. The van der Waals surface area contributed by atoms with Gasteiger partial charge in [0.05, 0.1) is 23.6 Å². The van der Waals surface area contributed by atoms with Crippen molar-refractivity contribution in [3.8, 4) is 5.75 Å². The molecule has 0 aliphatic carbocycles. The summed E-state index contributed by atoms with van der Waals surface area (Å²) < 4.78 is 7.60. The van der Waals surface area contributed by atoms with Crippen molar-refractivity contribution in [2.75, 3.05) is 26.2 Å². The molecule has 4 rings (SSSR count). The molecule has 7 nitrogen and oxygen atoms in total. The molecule has 7 heteroatoms. The van der Waals surface area contributed by atoms with Gasteiger partial charge in [-0.2, -0.15) is 5.10 Å². The minimum absolute atomic E-state index is 0.00360. The zero-order chi connectivity index (χ0) is 20.4. The first kappa shape index (κ1) is 19.5. The maximum absolute atomic E-state index is 13.0. The highest BCUT2D eigenvalue weighted by Gasteiger charge is 2.28. The Hall–Kier alpha value is -2.83. The lowest BCUT2D eigenvalue weighted by atomic mass is 10.1. The van der Waals surface area contributed by atoms with Crippen molar-refractivity contribution in [1.82, 2.24) is 19.6 Å². The van der Waals surface area contributed by atoms with Gasteiger partial charge in [0.2, 0.25) is 0 Å². The maximum Gasteiger partial charge on any atom is 0.257 e. The van der Waals surface area contributed by atoms with E-state index in [2.05, 4.69) is 5.10 Å². The number of aromatic nitrogens is 2. The highest BCUT2D eigenvalue weighted by atomic mass is 16.5. The first-order valence-corrected chi connectivity index (χ1v) is 10.4. The van der Waals surface area contributed by atoms with E-state index >= 15 is 0 Å². The number of nitrogens with zero attached hydrogens (tertiary/aromatic N) is 4. The van der Waals surface area contributed by atoms with E-state index < -0.39 is 0 Å². The Labute approximate surface area is 171 Å². The summed E-state index contributed by atoms with van der Waals surface area (Å²) in [6, 6.07) is 7.26. The summed E-state index contributed by atoms with van der Waals surface area (Å²) in [4.78, 5) is 29.4. The molecule has 2 aliphatic rings. The number of hydrogen-bond donors (Lipinski definition) is 0. The van der Waals surface area contributed by atoms with Crippen molar-refractivity contribution in [3.05, 3.63) is 47.3 Å². The van der Waals surface area contributed by atoms with E-state index in [4.69, 9.17) is 4.74 Å². The first-order chi connectivity index (χ1) is 14.0. The normalized spacial score (nSPS) is 16.7. The van der Waals surface area contributed by atoms with Gasteiger partial charge in [-0.3, -0.25) is 14.3 Å². The second kappa shape index (κ2) is 8.27.